The summed E-state index contributed by atoms with van der Waals surface area (Å²) in [6.07, 6.45) is 0.480. The number of morpholine rings is 1. The Bertz CT molecular complexity index is 1330. The molecule has 6 rings (SSSR count). The Morgan fingerprint density at radius 2 is 1.86 bits per heavy atom. The largest absolute Gasteiger partial charge is 0.493 e. The first-order valence-corrected chi connectivity index (χ1v) is 12.9. The Kier molecular flexibility index (Phi) is 6.26. The van der Waals surface area contributed by atoms with Gasteiger partial charge in [-0.05, 0) is 17.7 Å². The number of piperazine rings is 1. The van der Waals surface area contributed by atoms with Gasteiger partial charge in [0.15, 0.2) is 11.5 Å². The average Bonchev–Trinajstić information content (AvgIpc) is 3.31. The summed E-state index contributed by atoms with van der Waals surface area (Å²) >= 11 is 0. The van der Waals surface area contributed by atoms with E-state index < -0.39 is 12.1 Å². The van der Waals surface area contributed by atoms with Crippen LogP contribution in [-0.2, 0) is 20.7 Å². The molecule has 0 radical (unpaired) electrons. The number of aromatic amines is 1. The molecule has 1 aromatic heterocycles. The van der Waals surface area contributed by atoms with E-state index >= 15 is 0 Å². The van der Waals surface area contributed by atoms with Crippen LogP contribution in [0.3, 0.4) is 0 Å². The van der Waals surface area contributed by atoms with E-state index in [2.05, 4.69) is 11.1 Å². The number of fused-ring (bicyclic) bond motifs is 4. The first-order valence-electron chi connectivity index (χ1n) is 12.9. The van der Waals surface area contributed by atoms with E-state index in [1.807, 2.05) is 36.4 Å². The number of quaternary nitrogens is 1. The van der Waals surface area contributed by atoms with Gasteiger partial charge in [0, 0.05) is 28.6 Å². The van der Waals surface area contributed by atoms with E-state index in [1.54, 1.807) is 24.0 Å². The number of benzene rings is 2. The van der Waals surface area contributed by atoms with Crippen molar-refractivity contribution in [1.29, 1.82) is 0 Å². The summed E-state index contributed by atoms with van der Waals surface area (Å²) in [5, 5.41) is 1.08. The molecule has 0 saturated carbocycles. The highest BCUT2D eigenvalue weighted by molar-refractivity contribution is 5.97. The second-order valence-electron chi connectivity index (χ2n) is 9.94. The summed E-state index contributed by atoms with van der Waals surface area (Å²) in [7, 11) is 3.20. The molecular formula is C28H33N4O5+. The maximum absolute atomic E-state index is 13.9. The minimum absolute atomic E-state index is 0.00931. The Morgan fingerprint density at radius 3 is 2.65 bits per heavy atom. The van der Waals surface area contributed by atoms with Crippen LogP contribution in [0, 0.1) is 0 Å². The van der Waals surface area contributed by atoms with Crippen molar-refractivity contribution >= 4 is 22.7 Å². The van der Waals surface area contributed by atoms with Gasteiger partial charge >= 0.3 is 0 Å². The van der Waals surface area contributed by atoms with Crippen LogP contribution >= 0.6 is 0 Å². The van der Waals surface area contributed by atoms with Crippen LogP contribution in [0.2, 0.25) is 0 Å². The zero-order valence-electron chi connectivity index (χ0n) is 21.3. The molecule has 4 heterocycles. The predicted octanol–water partition coefficient (Wildman–Crippen LogP) is 0.785. The van der Waals surface area contributed by atoms with Crippen molar-refractivity contribution in [2.75, 3.05) is 60.2 Å². The van der Waals surface area contributed by atoms with E-state index in [9.17, 15) is 9.59 Å². The number of ether oxygens (including phenoxy) is 3. The lowest BCUT2D eigenvalue weighted by atomic mass is 9.85. The topological polar surface area (TPSA) is 88.5 Å². The van der Waals surface area contributed by atoms with E-state index in [0.29, 0.717) is 24.5 Å². The highest BCUT2D eigenvalue weighted by Gasteiger charge is 2.49. The van der Waals surface area contributed by atoms with Gasteiger partial charge in [-0.25, -0.2) is 0 Å². The number of aromatic nitrogens is 1. The van der Waals surface area contributed by atoms with Crippen molar-refractivity contribution < 1.29 is 28.7 Å². The van der Waals surface area contributed by atoms with Gasteiger partial charge in [0.1, 0.15) is 31.7 Å². The van der Waals surface area contributed by atoms with E-state index in [1.165, 1.54) is 4.90 Å². The molecular weight excluding hydrogens is 472 g/mol. The average molecular weight is 506 g/mol. The number of hydrogen-bond acceptors (Lipinski definition) is 5. The highest BCUT2D eigenvalue weighted by Crippen LogP contribution is 2.46. The zero-order valence-corrected chi connectivity index (χ0v) is 21.3. The number of methoxy groups -OCH3 is 2. The van der Waals surface area contributed by atoms with Gasteiger partial charge in [-0.15, -0.1) is 0 Å². The Hall–Kier alpha value is -3.56. The summed E-state index contributed by atoms with van der Waals surface area (Å²) in [5.74, 6) is 1.11. The van der Waals surface area contributed by atoms with Gasteiger partial charge in [0.25, 0.3) is 0 Å². The fraction of sp³-hybridized carbons (Fsp3) is 0.429. The van der Waals surface area contributed by atoms with Gasteiger partial charge in [0.05, 0.1) is 40.5 Å². The molecule has 0 aliphatic carbocycles. The maximum Gasteiger partial charge on any atom is 0.246 e. The quantitative estimate of drug-likeness (QED) is 0.517. The predicted molar refractivity (Wildman–Crippen MR) is 137 cm³/mol. The normalized spacial score (nSPS) is 22.2. The second-order valence-corrected chi connectivity index (χ2v) is 9.94. The lowest BCUT2D eigenvalue weighted by molar-refractivity contribution is -0.907. The molecule has 3 aromatic rings. The third kappa shape index (κ3) is 4.02. The monoisotopic (exact) mass is 505 g/mol. The maximum atomic E-state index is 13.9. The van der Waals surface area contributed by atoms with Gasteiger partial charge in [-0.3, -0.25) is 9.59 Å². The molecule has 3 aliphatic heterocycles. The van der Waals surface area contributed by atoms with E-state index in [4.69, 9.17) is 14.2 Å². The SMILES string of the molecule is COc1cccc([C@H]2c3[nH]c4ccccc4c3C[C@H]3C(=O)N(CC[NH+]4CCOCC4)CC(=O)N23)c1OC. The van der Waals surface area contributed by atoms with Crippen LogP contribution in [0.5, 0.6) is 11.5 Å². The molecule has 2 N–H and O–H groups in total. The van der Waals surface area contributed by atoms with Crippen molar-refractivity contribution in [2.45, 2.75) is 18.5 Å². The van der Waals surface area contributed by atoms with E-state index in [-0.39, 0.29) is 18.4 Å². The summed E-state index contributed by atoms with van der Waals surface area (Å²) in [6, 6.07) is 12.7. The molecule has 2 aromatic carbocycles. The Labute approximate surface area is 215 Å². The minimum Gasteiger partial charge on any atom is -0.493 e. The third-order valence-corrected chi connectivity index (χ3v) is 8.01. The van der Waals surface area contributed by atoms with Gasteiger partial charge in [-0.1, -0.05) is 30.3 Å². The van der Waals surface area contributed by atoms with Crippen molar-refractivity contribution in [1.82, 2.24) is 14.8 Å². The molecule has 37 heavy (non-hydrogen) atoms. The lowest BCUT2D eigenvalue weighted by Gasteiger charge is -2.47. The number of hydrogen-bond donors (Lipinski definition) is 2. The number of carbonyl (C=O) groups excluding carboxylic acids is 2. The molecule has 0 spiro atoms. The number of carbonyl (C=O) groups is 2. The van der Waals surface area contributed by atoms with E-state index in [0.717, 1.165) is 60.6 Å². The minimum atomic E-state index is -0.575. The number of H-pyrrole nitrogens is 1. The van der Waals surface area contributed by atoms with Crippen molar-refractivity contribution in [2.24, 2.45) is 0 Å². The Morgan fingerprint density at radius 1 is 1.05 bits per heavy atom. The van der Waals surface area contributed by atoms with Gasteiger partial charge in [-0.2, -0.15) is 0 Å². The molecule has 2 amide bonds. The molecule has 3 aliphatic rings. The molecule has 9 heteroatoms. The fourth-order valence-electron chi connectivity index (χ4n) is 6.17. The third-order valence-electron chi connectivity index (χ3n) is 8.01. The molecule has 2 saturated heterocycles. The Balaban J connectivity index is 1.42. The number of rotatable bonds is 6. The molecule has 9 nitrogen and oxygen atoms in total. The fourth-order valence-corrected chi connectivity index (χ4v) is 6.17. The standard InChI is InChI=1S/C28H32N4O5/c1-35-23-9-5-7-19(27(23)36-2)26-25-20(18-6-3-4-8-21(18)29-25)16-22-28(34)31(17-24(33)32(22)26)11-10-30-12-14-37-15-13-30/h3-9,22,26,29H,10-17H2,1-2H3/p+1/t22-,26-/m0/s1. The zero-order chi connectivity index (χ0) is 25.5. The summed E-state index contributed by atoms with van der Waals surface area (Å²) in [6.45, 7) is 4.82. The van der Waals surface area contributed by atoms with Crippen molar-refractivity contribution in [3.05, 3.63) is 59.3 Å². The van der Waals surface area contributed by atoms with Crippen LogP contribution in [0.4, 0.5) is 0 Å². The first-order chi connectivity index (χ1) is 18.1. The highest BCUT2D eigenvalue weighted by atomic mass is 16.5. The van der Waals surface area contributed by atoms with Crippen molar-refractivity contribution in [3.63, 3.8) is 0 Å². The molecule has 2 fully saturated rings. The van der Waals surface area contributed by atoms with Crippen LogP contribution in [0.1, 0.15) is 22.9 Å². The van der Waals surface area contributed by atoms with Crippen LogP contribution in [0.15, 0.2) is 42.5 Å². The summed E-state index contributed by atoms with van der Waals surface area (Å²) in [4.78, 5) is 36.3. The molecule has 2 atom stereocenters. The molecule has 0 unspecified atom stereocenters. The first kappa shape index (κ1) is 23.8. The second kappa shape index (κ2) is 9.72. The van der Waals surface area contributed by atoms with Crippen molar-refractivity contribution in [3.8, 4) is 11.5 Å². The molecule has 194 valence electrons. The number of nitrogens with one attached hydrogen (secondary N) is 2. The summed E-state index contributed by atoms with van der Waals surface area (Å²) in [5.41, 5.74) is 3.79. The van der Waals surface area contributed by atoms with Crippen LogP contribution in [-0.4, -0.2) is 92.8 Å². The lowest BCUT2D eigenvalue weighted by Crippen LogP contribution is -3.14. The number of amides is 2. The smallest absolute Gasteiger partial charge is 0.246 e. The number of para-hydroxylation sites is 2. The van der Waals surface area contributed by atoms with Crippen LogP contribution in [0.25, 0.3) is 10.9 Å². The van der Waals surface area contributed by atoms with Gasteiger partial charge < -0.3 is 33.9 Å². The van der Waals surface area contributed by atoms with Gasteiger partial charge in [0.2, 0.25) is 11.8 Å². The summed E-state index contributed by atoms with van der Waals surface area (Å²) < 4.78 is 16.8. The number of nitrogens with zero attached hydrogens (tertiary/aromatic N) is 2. The van der Waals surface area contributed by atoms with Crippen LogP contribution < -0.4 is 14.4 Å². The molecule has 0 bridgehead atoms.